The number of carbonyl (C=O) groups is 4. The van der Waals surface area contributed by atoms with Gasteiger partial charge >= 0.3 is 0 Å². The fraction of sp³-hybridized carbons (Fsp3) is 0.273. The van der Waals surface area contributed by atoms with Gasteiger partial charge in [0.25, 0.3) is 11.8 Å². The maximum Gasteiger partial charge on any atom is 0.253 e. The van der Waals surface area contributed by atoms with E-state index in [1.165, 1.54) is 13.8 Å². The number of carbonyl (C=O) groups excluding carboxylic acids is 4. The van der Waals surface area contributed by atoms with E-state index < -0.39 is 35.7 Å². The first-order chi connectivity index (χ1) is 13.4. The number of hydrogen-bond donors (Lipinski definition) is 0. The zero-order valence-electron chi connectivity index (χ0n) is 15.9. The minimum atomic E-state index is -1.02. The molecule has 144 valence electrons. The fourth-order valence-electron chi connectivity index (χ4n) is 3.63. The van der Waals surface area contributed by atoms with E-state index in [4.69, 9.17) is 0 Å². The smallest absolute Gasteiger partial charge is 0.253 e. The van der Waals surface area contributed by atoms with Crippen LogP contribution in [0.2, 0.25) is 0 Å². The highest BCUT2D eigenvalue weighted by molar-refractivity contribution is 6.11. The Morgan fingerprint density at radius 1 is 0.679 bits per heavy atom. The summed E-state index contributed by atoms with van der Waals surface area (Å²) >= 11 is 0. The third-order valence-corrected chi connectivity index (χ3v) is 4.89. The maximum atomic E-state index is 13.2. The van der Waals surface area contributed by atoms with Crippen LogP contribution in [0.25, 0.3) is 0 Å². The normalized spacial score (nSPS) is 19.6. The monoisotopic (exact) mass is 378 g/mol. The molecule has 1 saturated heterocycles. The summed E-state index contributed by atoms with van der Waals surface area (Å²) in [6.45, 7) is 2.54. The van der Waals surface area contributed by atoms with E-state index in [0.717, 1.165) is 20.9 Å². The van der Waals surface area contributed by atoms with Crippen molar-refractivity contribution in [1.82, 2.24) is 9.80 Å². The largest absolute Gasteiger partial charge is 0.275 e. The Balaban J connectivity index is 1.98. The molecule has 1 aliphatic heterocycles. The molecule has 0 N–H and O–H groups in total. The molecule has 4 amide bonds. The summed E-state index contributed by atoms with van der Waals surface area (Å²) in [4.78, 5) is 53.0. The van der Waals surface area contributed by atoms with Gasteiger partial charge in [0.2, 0.25) is 11.8 Å². The van der Waals surface area contributed by atoms with E-state index in [9.17, 15) is 19.2 Å². The minimum absolute atomic E-state index is 0.173. The molecule has 2 unspecified atom stereocenters. The molecule has 0 saturated carbocycles. The number of piperazine rings is 1. The highest BCUT2D eigenvalue weighted by Crippen LogP contribution is 2.24. The number of benzene rings is 2. The molecule has 6 nitrogen and oxygen atoms in total. The van der Waals surface area contributed by atoms with Crippen molar-refractivity contribution in [2.24, 2.45) is 0 Å². The lowest BCUT2D eigenvalue weighted by atomic mass is 9.94. The van der Waals surface area contributed by atoms with E-state index in [0.29, 0.717) is 0 Å². The first-order valence-electron chi connectivity index (χ1n) is 9.15. The van der Waals surface area contributed by atoms with Crippen LogP contribution in [0.15, 0.2) is 60.7 Å². The lowest BCUT2D eigenvalue weighted by molar-refractivity contribution is -0.171. The Morgan fingerprint density at radius 2 is 1.00 bits per heavy atom. The Hall–Kier alpha value is -3.28. The van der Waals surface area contributed by atoms with E-state index in [-0.39, 0.29) is 12.8 Å². The summed E-state index contributed by atoms with van der Waals surface area (Å²) in [5.74, 6) is -2.04. The van der Waals surface area contributed by atoms with Crippen molar-refractivity contribution < 1.29 is 19.2 Å². The van der Waals surface area contributed by atoms with E-state index in [2.05, 4.69) is 0 Å². The van der Waals surface area contributed by atoms with Crippen LogP contribution in [0, 0.1) is 0 Å². The highest BCUT2D eigenvalue weighted by atomic mass is 16.2. The van der Waals surface area contributed by atoms with Crippen LogP contribution in [0.4, 0.5) is 0 Å². The van der Waals surface area contributed by atoms with Crippen LogP contribution < -0.4 is 0 Å². The Bertz CT molecular complexity index is 820. The van der Waals surface area contributed by atoms with Crippen LogP contribution in [0.1, 0.15) is 25.0 Å². The average molecular weight is 378 g/mol. The molecule has 0 radical (unpaired) electrons. The zero-order valence-corrected chi connectivity index (χ0v) is 15.9. The van der Waals surface area contributed by atoms with Crippen LogP contribution in [-0.4, -0.2) is 45.5 Å². The van der Waals surface area contributed by atoms with Gasteiger partial charge in [-0.1, -0.05) is 60.7 Å². The molecule has 1 aliphatic rings. The second kappa shape index (κ2) is 8.17. The van der Waals surface area contributed by atoms with Crippen molar-refractivity contribution in [1.29, 1.82) is 0 Å². The topological polar surface area (TPSA) is 74.8 Å². The standard InChI is InChI=1S/C22H22N2O4/c1-15(25)23-19(13-17-9-5-3-6-10-17)22(28)24(16(2)26)20(21(23)27)14-18-11-7-4-8-12-18/h3-12,19-20H,13-14H2,1-2H3. The molecule has 0 aromatic heterocycles. The van der Waals surface area contributed by atoms with Crippen molar-refractivity contribution in [3.63, 3.8) is 0 Å². The highest BCUT2D eigenvalue weighted by Gasteiger charge is 2.49. The van der Waals surface area contributed by atoms with Gasteiger partial charge in [-0.15, -0.1) is 0 Å². The van der Waals surface area contributed by atoms with Gasteiger partial charge in [0, 0.05) is 26.7 Å². The van der Waals surface area contributed by atoms with Crippen LogP contribution >= 0.6 is 0 Å². The average Bonchev–Trinajstić information content (AvgIpc) is 2.67. The second-order valence-corrected chi connectivity index (χ2v) is 6.87. The molecule has 2 aromatic carbocycles. The van der Waals surface area contributed by atoms with E-state index >= 15 is 0 Å². The van der Waals surface area contributed by atoms with Gasteiger partial charge in [-0.25, -0.2) is 0 Å². The van der Waals surface area contributed by atoms with Crippen LogP contribution in [0.5, 0.6) is 0 Å². The molecule has 1 heterocycles. The summed E-state index contributed by atoms with van der Waals surface area (Å²) in [7, 11) is 0. The number of hydrogen-bond acceptors (Lipinski definition) is 4. The predicted octanol–water partition coefficient (Wildman–Crippen LogP) is 1.97. The van der Waals surface area contributed by atoms with Gasteiger partial charge in [-0.2, -0.15) is 0 Å². The Morgan fingerprint density at radius 3 is 1.29 bits per heavy atom. The molecule has 6 heteroatoms. The SMILES string of the molecule is CC(=O)N1C(=O)C(Cc2ccccc2)N(C(C)=O)C(=O)C1Cc1ccccc1. The lowest BCUT2D eigenvalue weighted by Crippen LogP contribution is -2.67. The predicted molar refractivity (Wildman–Crippen MR) is 103 cm³/mol. The van der Waals surface area contributed by atoms with Gasteiger partial charge in [0.1, 0.15) is 12.1 Å². The zero-order chi connectivity index (χ0) is 20.3. The van der Waals surface area contributed by atoms with Crippen molar-refractivity contribution in [3.05, 3.63) is 71.8 Å². The summed E-state index contributed by atoms with van der Waals surface area (Å²) in [5, 5.41) is 0. The van der Waals surface area contributed by atoms with Crippen LogP contribution in [0.3, 0.4) is 0 Å². The van der Waals surface area contributed by atoms with Crippen molar-refractivity contribution in [3.8, 4) is 0 Å². The molecule has 2 aromatic rings. The van der Waals surface area contributed by atoms with E-state index in [1.807, 2.05) is 60.7 Å². The van der Waals surface area contributed by atoms with Crippen molar-refractivity contribution >= 4 is 23.6 Å². The molecule has 0 bridgehead atoms. The molecule has 2 atom stereocenters. The summed E-state index contributed by atoms with van der Waals surface area (Å²) in [6, 6.07) is 16.2. The third-order valence-electron chi connectivity index (χ3n) is 4.89. The molecule has 1 fully saturated rings. The van der Waals surface area contributed by atoms with Gasteiger partial charge < -0.3 is 0 Å². The quantitative estimate of drug-likeness (QED) is 0.815. The van der Waals surface area contributed by atoms with Gasteiger partial charge in [-0.3, -0.25) is 29.0 Å². The molecule has 28 heavy (non-hydrogen) atoms. The van der Waals surface area contributed by atoms with Gasteiger partial charge in [0.05, 0.1) is 0 Å². The summed E-state index contributed by atoms with van der Waals surface area (Å²) in [6.07, 6.45) is 0.347. The Labute approximate surface area is 163 Å². The second-order valence-electron chi connectivity index (χ2n) is 6.87. The first kappa shape index (κ1) is 19.5. The van der Waals surface area contributed by atoms with E-state index in [1.54, 1.807) is 0 Å². The lowest BCUT2D eigenvalue weighted by Gasteiger charge is -2.42. The summed E-state index contributed by atoms with van der Waals surface area (Å²) < 4.78 is 0. The number of rotatable bonds is 4. The molecular weight excluding hydrogens is 356 g/mol. The van der Waals surface area contributed by atoms with Gasteiger partial charge in [-0.05, 0) is 11.1 Å². The first-order valence-corrected chi connectivity index (χ1v) is 9.15. The minimum Gasteiger partial charge on any atom is -0.275 e. The molecular formula is C22H22N2O4. The Kier molecular flexibility index (Phi) is 5.68. The fourth-order valence-corrected chi connectivity index (χ4v) is 3.63. The number of imide groups is 2. The maximum absolute atomic E-state index is 13.2. The third kappa shape index (κ3) is 3.86. The number of amides is 4. The van der Waals surface area contributed by atoms with Crippen molar-refractivity contribution in [2.75, 3.05) is 0 Å². The van der Waals surface area contributed by atoms with Crippen molar-refractivity contribution in [2.45, 2.75) is 38.8 Å². The molecule has 3 rings (SSSR count). The number of nitrogens with zero attached hydrogens (tertiary/aromatic N) is 2. The summed E-state index contributed by atoms with van der Waals surface area (Å²) in [5.41, 5.74) is 1.62. The van der Waals surface area contributed by atoms with Gasteiger partial charge in [0.15, 0.2) is 0 Å². The molecule has 0 spiro atoms. The van der Waals surface area contributed by atoms with Crippen LogP contribution in [-0.2, 0) is 32.0 Å². The molecule has 0 aliphatic carbocycles.